The summed E-state index contributed by atoms with van der Waals surface area (Å²) in [5, 5.41) is 46.5. The normalized spacial score (nSPS) is 17.2. The first kappa shape index (κ1) is 39.9. The number of allylic oxidation sites excluding steroid dienone is 2. The number of nitrogens with two attached hydrogens (primary N) is 2. The van der Waals surface area contributed by atoms with Crippen molar-refractivity contribution in [3.8, 4) is 5.75 Å². The van der Waals surface area contributed by atoms with Crippen molar-refractivity contribution in [2.24, 2.45) is 11.1 Å². The van der Waals surface area contributed by atoms with Crippen molar-refractivity contribution in [3.63, 3.8) is 0 Å². The van der Waals surface area contributed by atoms with E-state index in [1.807, 2.05) is 0 Å². The number of nitrogens with one attached hydrogen (secondary N) is 1. The zero-order valence-corrected chi connectivity index (χ0v) is 30.9. The molecule has 2 atom stereocenters. The number of carbonyl (C=O) groups is 5. The molecule has 0 bridgehead atoms. The highest BCUT2D eigenvalue weighted by Crippen LogP contribution is 2.45. The Balaban J connectivity index is 1.21. The fourth-order valence-electron chi connectivity index (χ4n) is 5.38. The molecule has 0 aliphatic carbocycles. The van der Waals surface area contributed by atoms with E-state index >= 15 is 0 Å². The average molecular weight is 799 g/mol. The number of pyridine rings is 1. The van der Waals surface area contributed by atoms with Crippen LogP contribution in [0, 0.1) is 5.92 Å². The summed E-state index contributed by atoms with van der Waals surface area (Å²) in [6.45, 7) is 2.99. The van der Waals surface area contributed by atoms with E-state index in [0.29, 0.717) is 22.4 Å². The van der Waals surface area contributed by atoms with Gasteiger partial charge in [0.05, 0.1) is 17.5 Å². The summed E-state index contributed by atoms with van der Waals surface area (Å²) < 4.78 is 2.05. The lowest BCUT2D eigenvalue weighted by Gasteiger charge is -2.49. The third kappa shape index (κ3) is 8.92. The first-order valence-electron chi connectivity index (χ1n) is 16.4. The van der Waals surface area contributed by atoms with Crippen LogP contribution in [-0.4, -0.2) is 98.5 Å². The molecule has 0 spiro atoms. The molecule has 1 saturated heterocycles. The molecule has 9 N–H and O–H groups in total. The van der Waals surface area contributed by atoms with Crippen LogP contribution in [0.3, 0.4) is 0 Å². The molecule has 1 unspecified atom stereocenters. The Hall–Kier alpha value is -6.29. The second kappa shape index (κ2) is 16.4. The molecule has 3 aromatic rings. The van der Waals surface area contributed by atoms with Gasteiger partial charge in [0, 0.05) is 36.6 Å². The number of ketones is 2. The van der Waals surface area contributed by atoms with E-state index in [4.69, 9.17) is 16.3 Å². The van der Waals surface area contributed by atoms with Gasteiger partial charge < -0.3 is 42.1 Å². The van der Waals surface area contributed by atoms with Crippen molar-refractivity contribution in [1.82, 2.24) is 19.6 Å². The van der Waals surface area contributed by atoms with Gasteiger partial charge >= 0.3 is 11.9 Å². The van der Waals surface area contributed by atoms with Crippen molar-refractivity contribution in [2.75, 3.05) is 29.1 Å². The fourth-order valence-corrected chi connectivity index (χ4v) is 7.32. The van der Waals surface area contributed by atoms with Gasteiger partial charge in [-0.1, -0.05) is 11.2 Å². The van der Waals surface area contributed by atoms with E-state index in [2.05, 4.69) is 20.4 Å². The highest BCUT2D eigenvalue weighted by atomic mass is 32.2. The Kier molecular flexibility index (Phi) is 11.9. The summed E-state index contributed by atoms with van der Waals surface area (Å²) in [5.74, 6) is -5.62. The van der Waals surface area contributed by atoms with Gasteiger partial charge in [0.15, 0.2) is 28.2 Å². The van der Waals surface area contributed by atoms with Crippen LogP contribution in [-0.2, 0) is 30.6 Å². The van der Waals surface area contributed by atoms with Gasteiger partial charge in [0.25, 0.3) is 12.1 Å². The molecule has 5 heterocycles. The number of aromatic nitrogens is 4. The Morgan fingerprint density at radius 1 is 1.22 bits per heavy atom. The van der Waals surface area contributed by atoms with Gasteiger partial charge in [0.2, 0.25) is 16.9 Å². The van der Waals surface area contributed by atoms with E-state index in [0.717, 1.165) is 28.5 Å². The Morgan fingerprint density at radius 3 is 2.64 bits per heavy atom. The van der Waals surface area contributed by atoms with Crippen LogP contribution in [0.5, 0.6) is 5.75 Å². The number of hydrogen-bond acceptors (Lipinski definition) is 17. The number of amides is 1. The van der Waals surface area contributed by atoms with Crippen molar-refractivity contribution in [2.45, 2.75) is 50.6 Å². The van der Waals surface area contributed by atoms with Gasteiger partial charge in [-0.2, -0.15) is 4.73 Å². The second-order valence-electron chi connectivity index (χ2n) is 12.7. The fraction of sp³-hybridized carbons (Fsp3) is 0.333. The second-order valence-corrected chi connectivity index (χ2v) is 14.7. The van der Waals surface area contributed by atoms with Crippen LogP contribution in [0.2, 0.25) is 0 Å². The first-order chi connectivity index (χ1) is 26.0. The number of β-lactam (4-membered cyclic amide) rings is 1. The minimum Gasteiger partial charge on any atom is -0.503 e. The highest BCUT2D eigenvalue weighted by molar-refractivity contribution is 8.00. The smallest absolute Gasteiger partial charge is 0.352 e. The predicted octanol–water partition coefficient (Wildman–Crippen LogP) is 0.839. The molecule has 1 fully saturated rings. The topological polar surface area (TPSA) is 307 Å². The average Bonchev–Trinajstić information content (AvgIpc) is 3.56. The number of carboxylic acids is 2. The lowest BCUT2D eigenvalue weighted by Crippen LogP contribution is -2.62. The van der Waals surface area contributed by atoms with Crippen LogP contribution in [0.25, 0.3) is 0 Å². The number of thioether (sulfide) groups is 1. The summed E-state index contributed by atoms with van der Waals surface area (Å²) in [5.41, 5.74) is 9.21. The summed E-state index contributed by atoms with van der Waals surface area (Å²) in [6, 6.07) is 0.849. The van der Waals surface area contributed by atoms with E-state index in [9.17, 15) is 49.3 Å². The number of thiazole rings is 1. The summed E-state index contributed by atoms with van der Waals surface area (Å²) in [6.07, 6.45) is 7.03. The van der Waals surface area contributed by atoms with Crippen LogP contribution in [0.4, 0.5) is 16.6 Å². The number of oxime groups is 1. The molecule has 1 amide bonds. The minimum atomic E-state index is -1.78. The Bertz CT molecular complexity index is 2210. The lowest BCUT2D eigenvalue weighted by molar-refractivity contribution is -0.689. The third-order valence-electron chi connectivity index (χ3n) is 8.37. The van der Waals surface area contributed by atoms with E-state index in [-0.39, 0.29) is 65.4 Å². The molecule has 0 aromatic carbocycles. The van der Waals surface area contributed by atoms with Gasteiger partial charge in [-0.3, -0.25) is 24.1 Å². The molecule has 0 radical (unpaired) electrons. The Labute approximate surface area is 319 Å². The zero-order chi connectivity index (χ0) is 40.2. The van der Waals surface area contributed by atoms with Crippen molar-refractivity contribution in [1.29, 1.82) is 0 Å². The number of carboxylic acid groups (broad SMARTS) is 2. The molecular weight excluding hydrogens is 763 g/mol. The molecule has 0 saturated carbocycles. The minimum absolute atomic E-state index is 0.0311. The molecule has 2 aliphatic rings. The number of carbonyl (C=O) groups excluding carboxylic acids is 3. The SMILES string of the molecule is CC(C)(O/N=C(\C(=O)C[C@@H]1C(=O)N2C(C(=O)O)=C(/C=C/C[n+]3cnc(N)c(NCCCC(=O)c4cc(=O)c(O)cn4O)c3)CSC12)c1csc(N)n1)C(=O)O. The number of Topliss-reactive ketones (excluding diaryl/α,β-unsaturated/α-hetero) is 2. The predicted molar refractivity (Wildman–Crippen MR) is 196 cm³/mol. The summed E-state index contributed by atoms with van der Waals surface area (Å²) in [4.78, 5) is 89.3. The maximum Gasteiger partial charge on any atom is 0.352 e. The number of nitrogen functional groups attached to an aromatic ring is 2. The van der Waals surface area contributed by atoms with E-state index in [1.165, 1.54) is 37.3 Å². The molecule has 3 aromatic heterocycles. The van der Waals surface area contributed by atoms with Crippen molar-refractivity contribution in [3.05, 3.63) is 75.2 Å². The van der Waals surface area contributed by atoms with Crippen molar-refractivity contribution < 1.29 is 53.9 Å². The van der Waals surface area contributed by atoms with Crippen molar-refractivity contribution >= 4 is 74.9 Å². The maximum atomic E-state index is 13.4. The zero-order valence-electron chi connectivity index (χ0n) is 29.2. The number of fused-ring (bicyclic) bond motifs is 1. The standard InChI is InChI=1S/C33H35N9O11S2/c1-33(2,31(50)51)53-39-25(19-14-55-32(35)38-19)23(45)9-17-28(47)42-26(30(48)49)16(13-54-29(17)42)5-4-8-40-11-18(27(34)37-15-40)36-7-3-6-21(43)20-10-22(44)24(46)12-41(20)52/h4-5,10-12,14-15,17,29,34,36,52H,3,6-9,13H2,1-2H3,(H5,35,38,46,48,49,50,51)/p+1/b5-4+,39-25-/t17-,29?/m1/s1. The van der Waals surface area contributed by atoms with Crippen LogP contribution < -0.4 is 26.8 Å². The van der Waals surface area contributed by atoms with E-state index < -0.39 is 57.5 Å². The maximum absolute atomic E-state index is 13.4. The number of nitrogens with zero attached hydrogens (tertiary/aromatic N) is 6. The van der Waals surface area contributed by atoms with Gasteiger partial charge in [0.1, 0.15) is 35.5 Å². The number of rotatable bonds is 17. The number of anilines is 3. The summed E-state index contributed by atoms with van der Waals surface area (Å²) >= 11 is 2.30. The number of aromatic hydroxyl groups is 1. The molecule has 5 rings (SSSR count). The van der Waals surface area contributed by atoms with Crippen LogP contribution in [0.15, 0.2) is 63.5 Å². The third-order valence-corrected chi connectivity index (χ3v) is 10.4. The number of hydrogen-bond donors (Lipinski definition) is 7. The van der Waals surface area contributed by atoms with Gasteiger partial charge in [-0.25, -0.2) is 19.1 Å². The van der Waals surface area contributed by atoms with Gasteiger partial charge in [-0.15, -0.1) is 23.1 Å². The Morgan fingerprint density at radius 2 is 1.96 bits per heavy atom. The number of aliphatic carboxylic acids is 2. The lowest BCUT2D eigenvalue weighted by atomic mass is 9.89. The quantitative estimate of drug-likeness (QED) is 0.0189. The monoisotopic (exact) mass is 798 g/mol. The van der Waals surface area contributed by atoms with E-state index in [1.54, 1.807) is 22.9 Å². The molecular formula is C33H36N9O11S2+. The summed E-state index contributed by atoms with van der Waals surface area (Å²) in [7, 11) is 0. The van der Waals surface area contributed by atoms with Crippen LogP contribution in [0.1, 0.15) is 49.3 Å². The highest BCUT2D eigenvalue weighted by Gasteiger charge is 2.54. The first-order valence-corrected chi connectivity index (χ1v) is 18.3. The molecule has 55 heavy (non-hydrogen) atoms. The van der Waals surface area contributed by atoms with Crippen LogP contribution >= 0.6 is 23.1 Å². The molecule has 2 aliphatic heterocycles. The largest absolute Gasteiger partial charge is 0.503 e. The molecule has 22 heteroatoms. The molecule has 20 nitrogen and oxygen atoms in total. The molecule has 290 valence electrons. The van der Waals surface area contributed by atoms with Gasteiger partial charge in [-0.05, 0) is 36.9 Å².